The maximum absolute atomic E-state index is 2.69. The lowest BCUT2D eigenvalue weighted by Gasteiger charge is -2.46. The fourth-order valence-electron chi connectivity index (χ4n) is 5.40. The summed E-state index contributed by atoms with van der Waals surface area (Å²) >= 11 is 0. The minimum absolute atomic E-state index is 1.05. The number of rotatable bonds is 11. The molecule has 0 N–H and O–H groups in total. The van der Waals surface area contributed by atoms with E-state index in [2.05, 4.69) is 184 Å². The maximum Gasteiger partial charge on any atom is 0.0393 e. The number of hydrogen-bond donors (Lipinski definition) is 0. The molecule has 0 aromatic heterocycles. The molecule has 38 heavy (non-hydrogen) atoms. The van der Waals surface area contributed by atoms with E-state index in [4.69, 9.17) is 0 Å². The van der Waals surface area contributed by atoms with Crippen LogP contribution in [0.2, 0.25) is 0 Å². The molecule has 0 aromatic rings. The number of nitrogens with zero attached hydrogens (tertiary/aromatic N) is 8. The molecule has 2 heterocycles. The van der Waals surface area contributed by atoms with Crippen LogP contribution >= 0.6 is 28.7 Å². The first-order valence-corrected chi connectivity index (χ1v) is 20.5. The summed E-state index contributed by atoms with van der Waals surface area (Å²) in [5.74, 6) is 10.4. The van der Waals surface area contributed by atoms with E-state index in [9.17, 15) is 0 Å². The second-order valence-corrected chi connectivity index (χ2v) is 26.9. The summed E-state index contributed by atoms with van der Waals surface area (Å²) in [4.78, 5) is 0. The van der Waals surface area contributed by atoms with Gasteiger partial charge in [-0.3, -0.25) is 37.4 Å². The first-order valence-electron chi connectivity index (χ1n) is 13.2. The Morgan fingerprint density at radius 2 is 0.579 bits per heavy atom. The Morgan fingerprint density at radius 1 is 0.368 bits per heavy atom. The molecular weight excluding hydrogens is 548 g/mol. The van der Waals surface area contributed by atoms with Gasteiger partial charge in [-0.1, -0.05) is 0 Å². The summed E-state index contributed by atoms with van der Waals surface area (Å²) in [6, 6.07) is 0. The van der Waals surface area contributed by atoms with Crippen LogP contribution in [-0.2, 0) is 0 Å². The SMILES string of the molecule is CN(C)P1(N(C)C)=CC(CCC2=CP(N(C)C)(N(C)C)=CP(N(C)C)(N(C)C)=C2)=CP(N(C)C)(N(C)C)=C1. The highest BCUT2D eigenvalue weighted by atomic mass is 31.2. The maximum atomic E-state index is 2.69. The molecule has 0 atom stereocenters. The van der Waals surface area contributed by atoms with Crippen LogP contribution in [0.1, 0.15) is 12.8 Å². The molecule has 0 saturated carbocycles. The Labute approximate surface area is 236 Å². The van der Waals surface area contributed by atoms with E-state index in [0.29, 0.717) is 0 Å². The Kier molecular flexibility index (Phi) is 11.6. The van der Waals surface area contributed by atoms with Crippen molar-refractivity contribution in [2.45, 2.75) is 12.8 Å². The molecular formula is C26H58N8P4. The molecule has 0 saturated heterocycles. The van der Waals surface area contributed by atoms with Crippen molar-refractivity contribution in [2.75, 3.05) is 113 Å². The first kappa shape index (κ1) is 34.6. The van der Waals surface area contributed by atoms with E-state index >= 15 is 0 Å². The lowest BCUT2D eigenvalue weighted by atomic mass is 10.1. The summed E-state index contributed by atoms with van der Waals surface area (Å²) in [6.07, 6.45) is 2.09. The quantitative estimate of drug-likeness (QED) is 0.316. The molecule has 0 radical (unpaired) electrons. The van der Waals surface area contributed by atoms with Gasteiger partial charge in [-0.15, -0.1) is 0 Å². The van der Waals surface area contributed by atoms with Gasteiger partial charge in [0, 0.05) is 28.7 Å². The number of hydrogen-bond acceptors (Lipinski definition) is 8. The van der Waals surface area contributed by atoms with Gasteiger partial charge in [-0.25, -0.2) is 0 Å². The average molecular weight is 607 g/mol. The first-order chi connectivity index (χ1) is 17.3. The number of allylic oxidation sites excluding steroid dienone is 2. The zero-order valence-electron chi connectivity index (χ0n) is 27.2. The minimum Gasteiger partial charge on any atom is -0.275 e. The van der Waals surface area contributed by atoms with Crippen LogP contribution in [0.3, 0.4) is 0 Å². The van der Waals surface area contributed by atoms with Crippen LogP contribution in [0.15, 0.2) is 22.8 Å². The lowest BCUT2D eigenvalue weighted by Crippen LogP contribution is -2.30. The molecule has 0 unspecified atom stereocenters. The predicted molar refractivity (Wildman–Crippen MR) is 187 cm³/mol. The van der Waals surface area contributed by atoms with Crippen molar-refractivity contribution < 1.29 is 0 Å². The van der Waals surface area contributed by atoms with Crippen LogP contribution in [0.5, 0.6) is 0 Å². The van der Waals surface area contributed by atoms with E-state index in [1.54, 1.807) is 0 Å². The second kappa shape index (κ2) is 12.7. The Morgan fingerprint density at radius 3 is 0.763 bits per heavy atom. The van der Waals surface area contributed by atoms with Gasteiger partial charge < -0.3 is 0 Å². The van der Waals surface area contributed by atoms with Gasteiger partial charge >= 0.3 is 0 Å². The smallest absolute Gasteiger partial charge is 0.0393 e. The monoisotopic (exact) mass is 606 g/mol. The lowest BCUT2D eigenvalue weighted by molar-refractivity contribution is 0.573. The van der Waals surface area contributed by atoms with Gasteiger partial charge in [-0.05, 0) is 171 Å². The van der Waals surface area contributed by atoms with Crippen molar-refractivity contribution >= 4 is 51.4 Å². The zero-order chi connectivity index (χ0) is 29.4. The highest BCUT2D eigenvalue weighted by molar-refractivity contribution is 7.99. The average Bonchev–Trinajstić information content (AvgIpc) is 2.80. The molecule has 0 spiro atoms. The topological polar surface area (TPSA) is 25.9 Å². The van der Waals surface area contributed by atoms with Gasteiger partial charge in [0.05, 0.1) is 0 Å². The van der Waals surface area contributed by atoms with Crippen LogP contribution in [0.4, 0.5) is 0 Å². The van der Waals surface area contributed by atoms with Crippen LogP contribution < -0.4 is 0 Å². The molecule has 0 aliphatic carbocycles. The molecule has 0 bridgehead atoms. The highest BCUT2D eigenvalue weighted by Gasteiger charge is 2.35. The molecule has 2 aliphatic heterocycles. The van der Waals surface area contributed by atoms with E-state index in [0.717, 1.165) is 12.8 Å². The molecule has 12 heteroatoms. The van der Waals surface area contributed by atoms with Crippen LogP contribution in [0.25, 0.3) is 0 Å². The van der Waals surface area contributed by atoms with Crippen molar-refractivity contribution in [3.63, 3.8) is 0 Å². The molecule has 0 amide bonds. The fraction of sp³-hybridized carbons (Fsp3) is 0.692. The Balaban J connectivity index is 2.76. The molecule has 0 fully saturated rings. The van der Waals surface area contributed by atoms with Crippen molar-refractivity contribution in [3.05, 3.63) is 22.8 Å². The summed E-state index contributed by atoms with van der Waals surface area (Å²) in [5.41, 5.74) is 8.35. The molecule has 2 aliphatic rings. The van der Waals surface area contributed by atoms with E-state index in [-0.39, 0.29) is 0 Å². The Hall–Kier alpha value is 0.360. The fourth-order valence-corrected chi connectivity index (χ4v) is 24.8. The third kappa shape index (κ3) is 6.24. The van der Waals surface area contributed by atoms with E-state index in [1.807, 2.05) is 0 Å². The largest absolute Gasteiger partial charge is 0.275 e. The minimum atomic E-state index is -1.74. The normalized spacial score (nSPS) is 22.1. The second-order valence-electron chi connectivity index (χ2n) is 12.0. The van der Waals surface area contributed by atoms with Crippen LogP contribution in [0, 0.1) is 0 Å². The molecule has 8 nitrogen and oxygen atoms in total. The predicted octanol–water partition coefficient (Wildman–Crippen LogP) is 4.57. The summed E-state index contributed by atoms with van der Waals surface area (Å²) in [5, 5.41) is 0. The molecule has 222 valence electrons. The van der Waals surface area contributed by atoms with Crippen molar-refractivity contribution in [2.24, 2.45) is 0 Å². The molecule has 2 rings (SSSR count). The van der Waals surface area contributed by atoms with E-state index < -0.39 is 28.7 Å². The third-order valence-electron chi connectivity index (χ3n) is 7.93. The summed E-state index contributed by atoms with van der Waals surface area (Å²) in [7, 11) is 29.0. The van der Waals surface area contributed by atoms with Crippen molar-refractivity contribution in [1.29, 1.82) is 0 Å². The van der Waals surface area contributed by atoms with Crippen molar-refractivity contribution in [3.8, 4) is 0 Å². The summed E-state index contributed by atoms with van der Waals surface area (Å²) in [6.45, 7) is 0. The zero-order valence-corrected chi connectivity index (χ0v) is 30.8. The third-order valence-corrected chi connectivity index (χ3v) is 26.5. The van der Waals surface area contributed by atoms with E-state index in [1.165, 1.54) is 11.1 Å². The Bertz CT molecular complexity index is 977. The van der Waals surface area contributed by atoms with Gasteiger partial charge in [0.2, 0.25) is 0 Å². The highest BCUT2D eigenvalue weighted by Crippen LogP contribution is 2.67. The molecule has 0 aromatic carbocycles. The van der Waals surface area contributed by atoms with Crippen LogP contribution in [-0.4, -0.2) is 173 Å². The summed E-state index contributed by atoms with van der Waals surface area (Å²) < 4.78 is 19.7. The van der Waals surface area contributed by atoms with Crippen molar-refractivity contribution in [1.82, 2.24) is 37.4 Å². The van der Waals surface area contributed by atoms with Gasteiger partial charge in [0.25, 0.3) is 0 Å². The van der Waals surface area contributed by atoms with Gasteiger partial charge in [0.15, 0.2) is 0 Å². The van der Waals surface area contributed by atoms with Gasteiger partial charge in [0.1, 0.15) is 0 Å². The standard InChI is InChI=1S/C26H58N8P4/c1-27(2)35(28(3)4)19-25(20-36(23-35,29(5)6)30(7)8)17-18-26-21-37(31(9)10,32(11)12)24-38(22-26,33(13)14)34(15)16/h19-24H,17-18H2,1-16H3. The van der Waals surface area contributed by atoms with Gasteiger partial charge in [-0.2, -0.15) is 0 Å².